The van der Waals surface area contributed by atoms with Crippen LogP contribution in [0.2, 0.25) is 0 Å². The third kappa shape index (κ3) is 4.55. The van der Waals surface area contributed by atoms with Crippen molar-refractivity contribution in [2.75, 3.05) is 19.0 Å². The lowest BCUT2D eigenvalue weighted by Gasteiger charge is -2.15. The molecule has 1 N–H and O–H groups in total. The number of amides is 1. The molecule has 3 aromatic carbocycles. The largest absolute Gasteiger partial charge is 0.496 e. The number of furan rings is 1. The normalized spacial score (nSPS) is 11.5. The fourth-order valence-electron chi connectivity index (χ4n) is 4.10. The lowest BCUT2D eigenvalue weighted by Crippen LogP contribution is -2.09. The molecule has 1 amide bonds. The number of ether oxygens (including phenoxy) is 2. The first-order valence-corrected chi connectivity index (χ1v) is 11.3. The van der Waals surface area contributed by atoms with Crippen LogP contribution in [0.1, 0.15) is 30.5 Å². The molecule has 0 aliphatic rings. The van der Waals surface area contributed by atoms with Gasteiger partial charge in [0.25, 0.3) is 0 Å². The zero-order chi connectivity index (χ0) is 24.2. The van der Waals surface area contributed by atoms with Gasteiger partial charge in [0.2, 0.25) is 5.91 Å². The second-order valence-electron chi connectivity index (χ2n) is 8.22. The molecule has 4 aromatic rings. The summed E-state index contributed by atoms with van der Waals surface area (Å²) >= 11 is 0. The van der Waals surface area contributed by atoms with Crippen molar-refractivity contribution in [1.29, 1.82) is 0 Å². The second kappa shape index (κ2) is 9.87. The molecule has 0 aliphatic carbocycles. The summed E-state index contributed by atoms with van der Waals surface area (Å²) in [7, 11) is 1.66. The molecule has 34 heavy (non-hydrogen) atoms. The van der Waals surface area contributed by atoms with Gasteiger partial charge in [0, 0.05) is 39.4 Å². The highest BCUT2D eigenvalue weighted by Gasteiger charge is 2.20. The lowest BCUT2D eigenvalue weighted by atomic mass is 9.96. The van der Waals surface area contributed by atoms with Gasteiger partial charge in [-0.1, -0.05) is 35.9 Å². The number of fused-ring (bicyclic) bond motifs is 1. The predicted molar refractivity (Wildman–Crippen MR) is 138 cm³/mol. The van der Waals surface area contributed by atoms with Crippen molar-refractivity contribution in [3.8, 4) is 22.6 Å². The van der Waals surface area contributed by atoms with Crippen LogP contribution < -0.4 is 14.8 Å². The van der Waals surface area contributed by atoms with Gasteiger partial charge < -0.3 is 19.2 Å². The third-order valence-corrected chi connectivity index (χ3v) is 5.82. The molecular formula is C29H29NO4. The van der Waals surface area contributed by atoms with Crippen molar-refractivity contribution in [2.24, 2.45) is 0 Å². The Balaban J connectivity index is 1.80. The number of para-hydroxylation sites is 1. The van der Waals surface area contributed by atoms with Gasteiger partial charge in [0.1, 0.15) is 17.1 Å². The number of hydrogen-bond donors (Lipinski definition) is 1. The Labute approximate surface area is 200 Å². The van der Waals surface area contributed by atoms with E-state index in [-0.39, 0.29) is 5.91 Å². The monoisotopic (exact) mass is 455 g/mol. The summed E-state index contributed by atoms with van der Waals surface area (Å²) in [6.07, 6.45) is 3.35. The van der Waals surface area contributed by atoms with Crippen molar-refractivity contribution in [2.45, 2.75) is 27.7 Å². The van der Waals surface area contributed by atoms with Crippen LogP contribution in [0, 0.1) is 13.8 Å². The average molecular weight is 456 g/mol. The molecule has 4 rings (SSSR count). The zero-order valence-corrected chi connectivity index (χ0v) is 20.2. The highest BCUT2D eigenvalue weighted by Crippen LogP contribution is 2.42. The van der Waals surface area contributed by atoms with E-state index in [0.29, 0.717) is 12.4 Å². The van der Waals surface area contributed by atoms with Gasteiger partial charge in [-0.15, -0.1) is 0 Å². The van der Waals surface area contributed by atoms with Crippen molar-refractivity contribution in [3.63, 3.8) is 0 Å². The summed E-state index contributed by atoms with van der Waals surface area (Å²) in [4.78, 5) is 12.8. The number of carbonyl (C=O) groups excluding carboxylic acids is 1. The van der Waals surface area contributed by atoms with E-state index in [4.69, 9.17) is 13.9 Å². The number of methoxy groups -OCH3 is 1. The number of aryl methyl sites for hydroxylation is 2. The maximum absolute atomic E-state index is 12.8. The third-order valence-electron chi connectivity index (χ3n) is 5.82. The molecule has 0 bridgehead atoms. The van der Waals surface area contributed by atoms with E-state index in [9.17, 15) is 4.79 Å². The van der Waals surface area contributed by atoms with E-state index in [2.05, 4.69) is 5.32 Å². The molecule has 0 atom stereocenters. The second-order valence-corrected chi connectivity index (χ2v) is 8.22. The average Bonchev–Trinajstić information content (AvgIpc) is 3.26. The van der Waals surface area contributed by atoms with Crippen LogP contribution in [0.15, 0.2) is 71.4 Å². The van der Waals surface area contributed by atoms with E-state index in [1.165, 1.54) is 0 Å². The highest BCUT2D eigenvalue weighted by atomic mass is 16.5. The van der Waals surface area contributed by atoms with Crippen LogP contribution in [0.25, 0.3) is 27.7 Å². The van der Waals surface area contributed by atoms with E-state index in [1.54, 1.807) is 19.4 Å². The highest BCUT2D eigenvalue weighted by molar-refractivity contribution is 6.06. The minimum atomic E-state index is -0.196. The number of benzene rings is 3. The summed E-state index contributed by atoms with van der Waals surface area (Å²) in [5, 5.41) is 3.87. The first-order valence-electron chi connectivity index (χ1n) is 11.3. The Bertz CT molecular complexity index is 1360. The van der Waals surface area contributed by atoms with Gasteiger partial charge in [-0.3, -0.25) is 4.79 Å². The first-order chi connectivity index (χ1) is 16.4. The molecule has 0 aliphatic heterocycles. The number of nitrogens with one attached hydrogen (secondary N) is 1. The molecule has 1 heterocycles. The number of allylic oxidation sites excluding steroid dienone is 1. The molecule has 174 valence electrons. The van der Waals surface area contributed by atoms with Gasteiger partial charge in [-0.25, -0.2) is 0 Å². The molecular weight excluding hydrogens is 426 g/mol. The fraction of sp³-hybridized carbons (Fsp3) is 0.207. The van der Waals surface area contributed by atoms with E-state index in [1.807, 2.05) is 82.3 Å². The maximum Gasteiger partial charge on any atom is 0.248 e. The topological polar surface area (TPSA) is 60.7 Å². The Morgan fingerprint density at radius 1 is 1.06 bits per heavy atom. The van der Waals surface area contributed by atoms with Gasteiger partial charge in [0.15, 0.2) is 0 Å². The quantitative estimate of drug-likeness (QED) is 0.300. The maximum atomic E-state index is 12.8. The van der Waals surface area contributed by atoms with Gasteiger partial charge in [-0.05, 0) is 57.5 Å². The van der Waals surface area contributed by atoms with Crippen LogP contribution in [0.4, 0.5) is 5.69 Å². The van der Waals surface area contributed by atoms with Crippen LogP contribution in [0.3, 0.4) is 0 Å². The number of hydrogen-bond acceptors (Lipinski definition) is 4. The minimum Gasteiger partial charge on any atom is -0.496 e. The molecule has 5 nitrogen and oxygen atoms in total. The smallest absolute Gasteiger partial charge is 0.248 e. The van der Waals surface area contributed by atoms with Gasteiger partial charge in [0.05, 0.1) is 20.0 Å². The predicted octanol–water partition coefficient (Wildman–Crippen LogP) is 7.17. The number of carbonyl (C=O) groups is 1. The molecule has 0 radical (unpaired) electrons. The Kier molecular flexibility index (Phi) is 6.73. The summed E-state index contributed by atoms with van der Waals surface area (Å²) in [5.74, 6) is 1.29. The van der Waals surface area contributed by atoms with Gasteiger partial charge in [-0.2, -0.15) is 0 Å². The van der Waals surface area contributed by atoms with Crippen molar-refractivity contribution < 1.29 is 18.7 Å². The molecule has 0 spiro atoms. The molecule has 5 heteroatoms. The van der Waals surface area contributed by atoms with Crippen molar-refractivity contribution in [3.05, 3.63) is 83.6 Å². The fourth-order valence-corrected chi connectivity index (χ4v) is 4.10. The van der Waals surface area contributed by atoms with E-state index >= 15 is 0 Å². The van der Waals surface area contributed by atoms with Crippen LogP contribution in [-0.2, 0) is 4.79 Å². The van der Waals surface area contributed by atoms with Crippen molar-refractivity contribution >= 4 is 28.1 Å². The van der Waals surface area contributed by atoms with Crippen LogP contribution in [0.5, 0.6) is 11.5 Å². The van der Waals surface area contributed by atoms with E-state index < -0.39 is 0 Å². The Morgan fingerprint density at radius 2 is 1.79 bits per heavy atom. The standard InChI is InChI=1S/C29H29NO4/c1-6-33-28-20(4)29-24(25(17-34-29)22-9-7-8-10-26(22)32-5)16-23(28)19(3)15-27(31)30-21-13-11-18(2)12-14-21/h7-17H,6H2,1-5H3,(H,30,31)/b19-15+. The molecule has 0 saturated heterocycles. The first kappa shape index (κ1) is 23.2. The van der Waals surface area contributed by atoms with Crippen molar-refractivity contribution in [1.82, 2.24) is 0 Å². The number of anilines is 1. The molecule has 0 saturated carbocycles. The number of rotatable bonds is 7. The van der Waals surface area contributed by atoms with Gasteiger partial charge >= 0.3 is 0 Å². The Morgan fingerprint density at radius 3 is 2.50 bits per heavy atom. The lowest BCUT2D eigenvalue weighted by molar-refractivity contribution is -0.111. The molecule has 1 aromatic heterocycles. The minimum absolute atomic E-state index is 0.196. The Hall–Kier alpha value is -3.99. The molecule has 0 unspecified atom stereocenters. The van der Waals surface area contributed by atoms with Crippen LogP contribution in [-0.4, -0.2) is 19.6 Å². The molecule has 0 fully saturated rings. The van der Waals surface area contributed by atoms with E-state index in [0.717, 1.165) is 55.8 Å². The SMILES string of the molecule is CCOc1c(/C(C)=C/C(=O)Nc2ccc(C)cc2)cc2c(-c3ccccc3OC)coc2c1C. The summed E-state index contributed by atoms with van der Waals surface area (Å²) in [6.45, 7) is 8.35. The zero-order valence-electron chi connectivity index (χ0n) is 20.2. The summed E-state index contributed by atoms with van der Waals surface area (Å²) in [5.41, 5.74) is 7.06. The summed E-state index contributed by atoms with van der Waals surface area (Å²) in [6, 6.07) is 17.6. The summed E-state index contributed by atoms with van der Waals surface area (Å²) < 4.78 is 17.6. The van der Waals surface area contributed by atoms with Crippen LogP contribution >= 0.6 is 0 Å².